The fourth-order valence-corrected chi connectivity index (χ4v) is 3.02. The lowest BCUT2D eigenvalue weighted by molar-refractivity contribution is 0.0970. The van der Waals surface area contributed by atoms with E-state index in [1.807, 2.05) is 44.2 Å². The van der Waals surface area contributed by atoms with E-state index in [-0.39, 0.29) is 23.0 Å². The van der Waals surface area contributed by atoms with Gasteiger partial charge in [0.25, 0.3) is 11.8 Å². The number of anilines is 2. The molecule has 2 amide bonds. The van der Waals surface area contributed by atoms with Crippen LogP contribution in [-0.4, -0.2) is 23.0 Å². The number of nitrogens with one attached hydrogen (secondary N) is 3. The molecule has 0 aromatic heterocycles. The molecule has 31 heavy (non-hydrogen) atoms. The number of amides is 2. The Morgan fingerprint density at radius 2 is 1.48 bits per heavy atom. The zero-order chi connectivity index (χ0) is 22.2. The van der Waals surface area contributed by atoms with Crippen molar-refractivity contribution in [3.63, 3.8) is 0 Å². The Morgan fingerprint density at radius 1 is 0.806 bits per heavy atom. The molecule has 7 heteroatoms. The van der Waals surface area contributed by atoms with Crippen LogP contribution in [0.5, 0.6) is 5.75 Å². The van der Waals surface area contributed by atoms with Crippen LogP contribution in [0.2, 0.25) is 0 Å². The summed E-state index contributed by atoms with van der Waals surface area (Å²) in [6.45, 7) is 3.78. The van der Waals surface area contributed by atoms with E-state index in [4.69, 9.17) is 17.0 Å². The number of hydrogen-bond acceptors (Lipinski definition) is 4. The first-order valence-corrected chi connectivity index (χ1v) is 10.2. The normalized spacial score (nSPS) is 10.3. The standard InChI is InChI=1S/C24H23N3O3S/c1-16(2)30-21-14-7-6-13-20(21)23(29)27-24(31)26-19-12-8-9-17(15-19)22(28)25-18-10-4-3-5-11-18/h3-16H,1-2H3,(H,25,28)(H2,26,27,29,31). The second kappa shape index (κ2) is 10.4. The molecule has 3 aromatic carbocycles. The topological polar surface area (TPSA) is 79.5 Å². The molecule has 0 bridgehead atoms. The summed E-state index contributed by atoms with van der Waals surface area (Å²) in [6.07, 6.45) is -0.0659. The second-order valence-electron chi connectivity index (χ2n) is 6.97. The average Bonchev–Trinajstić information content (AvgIpc) is 2.74. The first kappa shape index (κ1) is 22.0. The molecule has 0 saturated heterocycles. The Hall–Kier alpha value is -3.71. The van der Waals surface area contributed by atoms with Crippen LogP contribution in [0.3, 0.4) is 0 Å². The summed E-state index contributed by atoms with van der Waals surface area (Å²) in [7, 11) is 0. The van der Waals surface area contributed by atoms with Gasteiger partial charge in [0.15, 0.2) is 5.11 Å². The van der Waals surface area contributed by atoms with Gasteiger partial charge < -0.3 is 15.4 Å². The zero-order valence-corrected chi connectivity index (χ0v) is 18.0. The summed E-state index contributed by atoms with van der Waals surface area (Å²) in [6, 6.07) is 23.0. The van der Waals surface area contributed by atoms with Crippen LogP contribution in [0.15, 0.2) is 78.9 Å². The predicted molar refractivity (Wildman–Crippen MR) is 127 cm³/mol. The minimum absolute atomic E-state index is 0.0659. The third kappa shape index (κ3) is 6.38. The molecule has 3 N–H and O–H groups in total. The molecule has 0 aliphatic rings. The maximum atomic E-state index is 12.6. The Balaban J connectivity index is 1.64. The Bertz CT molecular complexity index is 1080. The summed E-state index contributed by atoms with van der Waals surface area (Å²) in [5, 5.41) is 8.54. The molecule has 0 fully saturated rings. The molecular formula is C24H23N3O3S. The molecule has 0 unspecified atom stereocenters. The van der Waals surface area contributed by atoms with Gasteiger partial charge in [0.1, 0.15) is 5.75 Å². The molecule has 3 aromatic rings. The Kier molecular flexibility index (Phi) is 7.35. The van der Waals surface area contributed by atoms with Gasteiger partial charge in [0, 0.05) is 16.9 Å². The van der Waals surface area contributed by atoms with Gasteiger partial charge in [-0.15, -0.1) is 0 Å². The molecule has 6 nitrogen and oxygen atoms in total. The third-order valence-corrected chi connectivity index (χ3v) is 4.34. The van der Waals surface area contributed by atoms with Crippen LogP contribution >= 0.6 is 12.2 Å². The number of benzene rings is 3. The highest BCUT2D eigenvalue weighted by molar-refractivity contribution is 7.80. The van der Waals surface area contributed by atoms with Crippen molar-refractivity contribution < 1.29 is 14.3 Å². The van der Waals surface area contributed by atoms with Crippen LogP contribution in [0.25, 0.3) is 0 Å². The monoisotopic (exact) mass is 433 g/mol. The highest BCUT2D eigenvalue weighted by atomic mass is 32.1. The van der Waals surface area contributed by atoms with Crippen LogP contribution < -0.4 is 20.7 Å². The van der Waals surface area contributed by atoms with Gasteiger partial charge in [-0.1, -0.05) is 36.4 Å². The molecule has 0 radical (unpaired) electrons. The predicted octanol–water partition coefficient (Wildman–Crippen LogP) is 4.85. The van der Waals surface area contributed by atoms with Crippen molar-refractivity contribution in [1.29, 1.82) is 0 Å². The first-order chi connectivity index (χ1) is 14.9. The maximum absolute atomic E-state index is 12.6. The second-order valence-corrected chi connectivity index (χ2v) is 7.38. The van der Waals surface area contributed by atoms with Crippen LogP contribution in [0, 0.1) is 0 Å². The molecule has 0 aliphatic carbocycles. The molecule has 3 rings (SSSR count). The summed E-state index contributed by atoms with van der Waals surface area (Å²) < 4.78 is 5.69. The van der Waals surface area contributed by atoms with Crippen LogP contribution in [0.4, 0.5) is 11.4 Å². The lowest BCUT2D eigenvalue weighted by Crippen LogP contribution is -2.34. The minimum atomic E-state index is -0.383. The van der Waals surface area contributed by atoms with E-state index in [0.29, 0.717) is 28.3 Å². The summed E-state index contributed by atoms with van der Waals surface area (Å²) >= 11 is 5.27. The third-order valence-electron chi connectivity index (χ3n) is 4.14. The number of ether oxygens (including phenoxy) is 1. The van der Waals surface area contributed by atoms with Crippen molar-refractivity contribution in [2.24, 2.45) is 0 Å². The van der Waals surface area contributed by atoms with Crippen LogP contribution in [0.1, 0.15) is 34.6 Å². The molecule has 0 aliphatic heterocycles. The fourth-order valence-electron chi connectivity index (χ4n) is 2.81. The van der Waals surface area contributed by atoms with E-state index in [0.717, 1.165) is 0 Å². The van der Waals surface area contributed by atoms with Crippen molar-refractivity contribution in [3.05, 3.63) is 90.0 Å². The molecule has 0 saturated carbocycles. The van der Waals surface area contributed by atoms with E-state index in [1.54, 1.807) is 48.5 Å². The Morgan fingerprint density at radius 3 is 2.23 bits per heavy atom. The van der Waals surface area contributed by atoms with Gasteiger partial charge >= 0.3 is 0 Å². The summed E-state index contributed by atoms with van der Waals surface area (Å²) in [4.78, 5) is 25.1. The molecule has 0 atom stereocenters. The van der Waals surface area contributed by atoms with Crippen molar-refractivity contribution in [1.82, 2.24) is 5.32 Å². The smallest absolute Gasteiger partial charge is 0.261 e. The maximum Gasteiger partial charge on any atom is 0.261 e. The summed E-state index contributed by atoms with van der Waals surface area (Å²) in [5.41, 5.74) is 2.13. The van der Waals surface area contributed by atoms with E-state index in [1.165, 1.54) is 0 Å². The van der Waals surface area contributed by atoms with Crippen molar-refractivity contribution in [3.8, 4) is 5.75 Å². The lowest BCUT2D eigenvalue weighted by atomic mass is 10.1. The van der Waals surface area contributed by atoms with E-state index in [9.17, 15) is 9.59 Å². The number of hydrogen-bond donors (Lipinski definition) is 3. The van der Waals surface area contributed by atoms with Gasteiger partial charge in [-0.05, 0) is 68.5 Å². The van der Waals surface area contributed by atoms with E-state index in [2.05, 4.69) is 16.0 Å². The van der Waals surface area contributed by atoms with Crippen LogP contribution in [-0.2, 0) is 0 Å². The lowest BCUT2D eigenvalue weighted by Gasteiger charge is -2.15. The largest absolute Gasteiger partial charge is 0.490 e. The SMILES string of the molecule is CC(C)Oc1ccccc1C(=O)NC(=S)Nc1cccc(C(=O)Nc2ccccc2)c1. The first-order valence-electron chi connectivity index (χ1n) is 9.77. The number of thiocarbonyl (C=S) groups is 1. The fraction of sp³-hybridized carbons (Fsp3) is 0.125. The minimum Gasteiger partial charge on any atom is -0.490 e. The van der Waals surface area contributed by atoms with Crippen molar-refractivity contribution in [2.45, 2.75) is 20.0 Å². The molecule has 158 valence electrons. The molecule has 0 spiro atoms. The molecular weight excluding hydrogens is 410 g/mol. The number of para-hydroxylation sites is 2. The van der Waals surface area contributed by atoms with Gasteiger partial charge in [-0.2, -0.15) is 0 Å². The van der Waals surface area contributed by atoms with Gasteiger partial charge in [-0.3, -0.25) is 14.9 Å². The molecule has 0 heterocycles. The van der Waals surface area contributed by atoms with Gasteiger partial charge in [0.05, 0.1) is 11.7 Å². The van der Waals surface area contributed by atoms with E-state index >= 15 is 0 Å². The number of rotatable bonds is 6. The summed E-state index contributed by atoms with van der Waals surface area (Å²) in [5.74, 6) is -0.145. The number of carbonyl (C=O) groups is 2. The number of carbonyl (C=O) groups excluding carboxylic acids is 2. The van der Waals surface area contributed by atoms with Gasteiger partial charge in [0.2, 0.25) is 0 Å². The van der Waals surface area contributed by atoms with Crippen molar-refractivity contribution in [2.75, 3.05) is 10.6 Å². The average molecular weight is 434 g/mol. The highest BCUT2D eigenvalue weighted by Crippen LogP contribution is 2.19. The highest BCUT2D eigenvalue weighted by Gasteiger charge is 2.15. The quantitative estimate of drug-likeness (QED) is 0.484. The van der Waals surface area contributed by atoms with E-state index < -0.39 is 0 Å². The zero-order valence-electron chi connectivity index (χ0n) is 17.2. The van der Waals surface area contributed by atoms with Gasteiger partial charge in [-0.25, -0.2) is 0 Å². The van der Waals surface area contributed by atoms with Crippen molar-refractivity contribution >= 4 is 40.5 Å². The Labute approximate surface area is 186 Å².